The molecule has 4 aromatic heterocycles. The molecule has 4 aliphatic rings. The highest BCUT2D eigenvalue weighted by atomic mass is 16.6. The molecule has 2 saturated carbocycles. The number of hydrogen-bond acceptors (Lipinski definition) is 13. The topological polar surface area (TPSA) is 208 Å². The van der Waals surface area contributed by atoms with Crippen molar-refractivity contribution in [3.8, 4) is 0 Å². The molecular weight excluding hydrogens is 841 g/mol. The van der Waals surface area contributed by atoms with Gasteiger partial charge in [0.15, 0.2) is 0 Å². The number of rotatable bonds is 16. The van der Waals surface area contributed by atoms with E-state index < -0.39 is 11.6 Å². The number of carboxylic acids is 1. The average molecular weight is 909 g/mol. The first-order chi connectivity index (χ1) is 31.9. The van der Waals surface area contributed by atoms with Crippen molar-refractivity contribution in [2.75, 3.05) is 13.1 Å². The zero-order chi connectivity index (χ0) is 46.5. The van der Waals surface area contributed by atoms with Crippen LogP contribution in [0.25, 0.3) is 0 Å². The van der Waals surface area contributed by atoms with E-state index in [1.165, 1.54) is 64.2 Å². The monoisotopic (exact) mass is 909 g/mol. The molecule has 16 nitrogen and oxygen atoms in total. The van der Waals surface area contributed by atoms with Crippen LogP contribution in [0.3, 0.4) is 0 Å². The quantitative estimate of drug-likeness (QED) is 0.104. The molecule has 66 heavy (non-hydrogen) atoms. The number of amides is 2. The number of pyridine rings is 2. The lowest BCUT2D eigenvalue weighted by Gasteiger charge is -2.26. The summed E-state index contributed by atoms with van der Waals surface area (Å²) < 4.78 is 16.5. The molecule has 2 fully saturated rings. The second kappa shape index (κ2) is 23.3. The van der Waals surface area contributed by atoms with Gasteiger partial charge in [0.2, 0.25) is 11.8 Å². The summed E-state index contributed by atoms with van der Waals surface area (Å²) >= 11 is 0. The summed E-state index contributed by atoms with van der Waals surface area (Å²) in [5.41, 5.74) is 3.55. The molecule has 0 saturated heterocycles. The lowest BCUT2D eigenvalue weighted by atomic mass is 9.84. The minimum atomic E-state index is -0.895. The van der Waals surface area contributed by atoms with Gasteiger partial charge in [-0.15, -0.1) is 0 Å². The Hall–Kier alpha value is -5.54. The van der Waals surface area contributed by atoms with Crippen molar-refractivity contribution in [3.63, 3.8) is 0 Å². The van der Waals surface area contributed by atoms with Crippen molar-refractivity contribution < 1.29 is 38.1 Å². The third kappa shape index (κ3) is 14.0. The maximum absolute atomic E-state index is 13.1. The maximum Gasteiger partial charge on any atom is 0.307 e. The smallest absolute Gasteiger partial charge is 0.307 e. The van der Waals surface area contributed by atoms with Gasteiger partial charge < -0.3 is 28.7 Å². The molecule has 0 unspecified atom stereocenters. The van der Waals surface area contributed by atoms with E-state index >= 15 is 0 Å². The van der Waals surface area contributed by atoms with E-state index in [1.54, 1.807) is 22.2 Å². The third-order valence-corrected chi connectivity index (χ3v) is 13.5. The van der Waals surface area contributed by atoms with Gasteiger partial charge in [-0.25, -0.2) is 0 Å². The van der Waals surface area contributed by atoms with Crippen LogP contribution in [-0.2, 0) is 40.3 Å². The summed E-state index contributed by atoms with van der Waals surface area (Å²) in [4.78, 5) is 70.9. The SMILES string of the molecule is CC(C)(C)OC(=O)C[C@@H](CCCC1CCCCC1)c1nc(C(=O)N2CCc3ncccc3C2)no1.O=C(O)C[C@@H](CCCC1CCCCC1)c1nc(C(=O)N2CCc3ncccc3C2)no1. The molecule has 2 amide bonds. The average Bonchev–Trinajstić information content (AvgIpc) is 4.02. The van der Waals surface area contributed by atoms with Gasteiger partial charge in [0.25, 0.3) is 23.5 Å². The fourth-order valence-corrected chi connectivity index (χ4v) is 10.0. The van der Waals surface area contributed by atoms with Crippen LogP contribution in [0, 0.1) is 11.8 Å². The van der Waals surface area contributed by atoms with Gasteiger partial charge in [-0.2, -0.15) is 9.97 Å². The normalized spacial score (nSPS) is 17.7. The molecule has 6 heterocycles. The van der Waals surface area contributed by atoms with Crippen LogP contribution in [0.4, 0.5) is 0 Å². The number of esters is 1. The van der Waals surface area contributed by atoms with Gasteiger partial charge in [-0.1, -0.05) is 112 Å². The van der Waals surface area contributed by atoms with E-state index in [1.807, 2.05) is 45.0 Å². The molecule has 1 N–H and O–H groups in total. The predicted octanol–water partition coefficient (Wildman–Crippen LogP) is 9.20. The lowest BCUT2D eigenvalue weighted by Crippen LogP contribution is -2.36. The minimum Gasteiger partial charge on any atom is -0.481 e. The zero-order valence-corrected chi connectivity index (χ0v) is 39.1. The molecule has 4 aromatic rings. The van der Waals surface area contributed by atoms with Crippen LogP contribution in [0.5, 0.6) is 0 Å². The Labute approximate surface area is 388 Å². The van der Waals surface area contributed by atoms with Crippen LogP contribution in [-0.4, -0.2) is 87.6 Å². The number of fused-ring (bicyclic) bond motifs is 2. The zero-order valence-electron chi connectivity index (χ0n) is 39.1. The summed E-state index contributed by atoms with van der Waals surface area (Å²) in [5.74, 6) is -0.170. The van der Waals surface area contributed by atoms with Crippen LogP contribution in [0.2, 0.25) is 0 Å². The first-order valence-corrected chi connectivity index (χ1v) is 24.4. The van der Waals surface area contributed by atoms with Crippen LogP contribution in [0.1, 0.15) is 204 Å². The van der Waals surface area contributed by atoms with E-state index in [4.69, 9.17) is 13.8 Å². The van der Waals surface area contributed by atoms with Gasteiger partial charge in [0.05, 0.1) is 12.8 Å². The molecule has 2 atom stereocenters. The highest BCUT2D eigenvalue weighted by Gasteiger charge is 2.32. The summed E-state index contributed by atoms with van der Waals surface area (Å²) in [6, 6.07) is 7.71. The number of nitrogens with zero attached hydrogens (tertiary/aromatic N) is 8. The first-order valence-electron chi connectivity index (χ1n) is 24.4. The van der Waals surface area contributed by atoms with Crippen LogP contribution in [0.15, 0.2) is 45.7 Å². The number of aromatic nitrogens is 6. The van der Waals surface area contributed by atoms with E-state index in [0.29, 0.717) is 51.3 Å². The molecule has 0 bridgehead atoms. The predicted molar refractivity (Wildman–Crippen MR) is 243 cm³/mol. The Balaban J connectivity index is 0.000000198. The Kier molecular flexibility index (Phi) is 17.1. The lowest BCUT2D eigenvalue weighted by molar-refractivity contribution is -0.155. The largest absolute Gasteiger partial charge is 0.481 e. The Morgan fingerprint density at radius 1 is 0.697 bits per heavy atom. The summed E-state index contributed by atoms with van der Waals surface area (Å²) in [6.07, 6.45) is 23.7. The number of hydrogen-bond donors (Lipinski definition) is 1. The number of ether oxygens (including phenoxy) is 1. The van der Waals surface area contributed by atoms with Crippen LogP contribution >= 0.6 is 0 Å². The fourth-order valence-electron chi connectivity index (χ4n) is 10.0. The van der Waals surface area contributed by atoms with E-state index in [0.717, 1.165) is 66.5 Å². The molecular formula is C50H68N8O8. The molecule has 0 spiro atoms. The summed E-state index contributed by atoms with van der Waals surface area (Å²) in [5, 5.41) is 17.2. The minimum absolute atomic E-state index is 0.00464. The Morgan fingerprint density at radius 2 is 1.15 bits per heavy atom. The van der Waals surface area contributed by atoms with Gasteiger partial charge in [-0.05, 0) is 68.7 Å². The Bertz CT molecular complexity index is 2220. The van der Waals surface area contributed by atoms with Crippen molar-refractivity contribution >= 4 is 23.8 Å². The molecule has 0 aromatic carbocycles. The highest BCUT2D eigenvalue weighted by molar-refractivity contribution is 5.91. The second-order valence-corrected chi connectivity index (χ2v) is 19.7. The van der Waals surface area contributed by atoms with Crippen molar-refractivity contribution in [2.45, 2.75) is 180 Å². The van der Waals surface area contributed by atoms with Crippen molar-refractivity contribution in [3.05, 3.63) is 82.6 Å². The molecule has 8 rings (SSSR count). The fraction of sp³-hybridized carbons (Fsp3) is 0.640. The molecule has 356 valence electrons. The van der Waals surface area contributed by atoms with Crippen molar-refractivity contribution in [1.82, 2.24) is 40.0 Å². The molecule has 16 heteroatoms. The van der Waals surface area contributed by atoms with E-state index in [9.17, 15) is 24.3 Å². The molecule has 2 aliphatic heterocycles. The van der Waals surface area contributed by atoms with Crippen molar-refractivity contribution in [1.29, 1.82) is 0 Å². The van der Waals surface area contributed by atoms with Crippen LogP contribution < -0.4 is 0 Å². The Morgan fingerprint density at radius 3 is 1.59 bits per heavy atom. The summed E-state index contributed by atoms with van der Waals surface area (Å²) in [6.45, 7) is 7.64. The summed E-state index contributed by atoms with van der Waals surface area (Å²) in [7, 11) is 0. The van der Waals surface area contributed by atoms with Gasteiger partial charge >= 0.3 is 11.9 Å². The van der Waals surface area contributed by atoms with Gasteiger partial charge in [0, 0.05) is 74.6 Å². The van der Waals surface area contributed by atoms with Gasteiger partial charge in [-0.3, -0.25) is 29.1 Å². The van der Waals surface area contributed by atoms with E-state index in [-0.39, 0.29) is 60.0 Å². The number of carboxylic acid groups (broad SMARTS) is 1. The number of carbonyl (C=O) groups is 4. The van der Waals surface area contributed by atoms with Gasteiger partial charge in [0.1, 0.15) is 5.60 Å². The van der Waals surface area contributed by atoms with E-state index in [2.05, 4.69) is 30.2 Å². The highest BCUT2D eigenvalue weighted by Crippen LogP contribution is 2.33. The molecule has 2 aliphatic carbocycles. The van der Waals surface area contributed by atoms with Crippen molar-refractivity contribution in [2.24, 2.45) is 11.8 Å². The third-order valence-electron chi connectivity index (χ3n) is 13.5. The first kappa shape index (κ1) is 48.4. The number of aliphatic carboxylic acids is 1. The molecule has 0 radical (unpaired) electrons. The second-order valence-electron chi connectivity index (χ2n) is 19.7. The number of carbonyl (C=O) groups excluding carboxylic acids is 3. The standard InChI is InChI=1S/C27H38N4O4.C23H30N4O4/c1-27(2,3)34-23(32)17-20(12-7-11-19-9-5-4-6-10-19)25-29-24(30-35-25)26(33)31-16-14-22-21(18-31)13-8-15-28-22;28-20(29)14-17(9-4-8-16-6-2-1-3-7-16)22-25-21(26-31-22)23(30)27-13-11-19-18(15-27)10-5-12-24-19/h8,13,15,19-20H,4-7,9-12,14,16-18H2,1-3H3;5,10,12,16-17H,1-4,6-9,11,13-15H2,(H,28,29)/t20-;17-/m11/s1. The maximum atomic E-state index is 13.1.